The van der Waals surface area contributed by atoms with Gasteiger partial charge in [0.15, 0.2) is 0 Å². The topological polar surface area (TPSA) is 42.5 Å². The molecule has 4 heteroatoms. The molecule has 2 N–H and O–H groups in total. The van der Waals surface area contributed by atoms with Crippen molar-refractivity contribution in [2.75, 3.05) is 39.9 Å². The van der Waals surface area contributed by atoms with Crippen LogP contribution in [0.3, 0.4) is 0 Å². The molecule has 3 heterocycles. The lowest BCUT2D eigenvalue weighted by Gasteiger charge is -2.37. The van der Waals surface area contributed by atoms with Crippen LogP contribution in [-0.4, -0.2) is 51.6 Å². The SMILES string of the molecule is C1COC2(C1)CNC2.CC.CC.COC1CNC1. The zero-order valence-corrected chi connectivity index (χ0v) is 12.8. The first kappa shape index (κ1) is 17.8. The fourth-order valence-electron chi connectivity index (χ4n) is 1.87. The van der Waals surface area contributed by atoms with E-state index in [1.807, 2.05) is 27.7 Å². The van der Waals surface area contributed by atoms with E-state index in [1.54, 1.807) is 7.11 Å². The highest BCUT2D eigenvalue weighted by molar-refractivity contribution is 4.96. The number of ether oxygens (including phenoxy) is 2. The molecule has 0 aliphatic carbocycles. The van der Waals surface area contributed by atoms with Crippen molar-refractivity contribution in [1.82, 2.24) is 10.6 Å². The highest BCUT2D eigenvalue weighted by atomic mass is 16.5. The van der Waals surface area contributed by atoms with Crippen LogP contribution in [-0.2, 0) is 9.47 Å². The van der Waals surface area contributed by atoms with Gasteiger partial charge >= 0.3 is 0 Å². The Balaban J connectivity index is 0.000000259. The van der Waals surface area contributed by atoms with E-state index in [-0.39, 0.29) is 0 Å². The summed E-state index contributed by atoms with van der Waals surface area (Å²) in [4.78, 5) is 0. The Morgan fingerprint density at radius 3 is 1.78 bits per heavy atom. The van der Waals surface area contributed by atoms with Gasteiger partial charge < -0.3 is 20.1 Å². The summed E-state index contributed by atoms with van der Waals surface area (Å²) in [5, 5.41) is 6.31. The minimum Gasteiger partial charge on any atom is -0.379 e. The summed E-state index contributed by atoms with van der Waals surface area (Å²) in [7, 11) is 1.74. The fourth-order valence-corrected chi connectivity index (χ4v) is 1.87. The Kier molecular flexibility index (Phi) is 10.6. The molecule has 0 unspecified atom stereocenters. The summed E-state index contributed by atoms with van der Waals surface area (Å²) >= 11 is 0. The molecule has 3 fully saturated rings. The summed E-state index contributed by atoms with van der Waals surface area (Å²) in [6.45, 7) is 13.2. The van der Waals surface area contributed by atoms with Crippen LogP contribution in [0.4, 0.5) is 0 Å². The molecule has 18 heavy (non-hydrogen) atoms. The van der Waals surface area contributed by atoms with Crippen molar-refractivity contribution in [2.24, 2.45) is 0 Å². The first-order valence-electron chi connectivity index (χ1n) is 7.43. The Labute approximate surface area is 113 Å². The summed E-state index contributed by atoms with van der Waals surface area (Å²) in [5.74, 6) is 0. The van der Waals surface area contributed by atoms with Crippen LogP contribution in [0.5, 0.6) is 0 Å². The summed E-state index contributed by atoms with van der Waals surface area (Å²) < 4.78 is 10.4. The third-order valence-electron chi connectivity index (χ3n) is 3.16. The van der Waals surface area contributed by atoms with Gasteiger partial charge in [0.2, 0.25) is 0 Å². The van der Waals surface area contributed by atoms with E-state index in [0.29, 0.717) is 11.7 Å². The highest BCUT2D eigenvalue weighted by Gasteiger charge is 2.40. The average molecular weight is 260 g/mol. The lowest BCUT2D eigenvalue weighted by Crippen LogP contribution is -2.58. The van der Waals surface area contributed by atoms with Crippen LogP contribution >= 0.6 is 0 Å². The van der Waals surface area contributed by atoms with Crippen LogP contribution < -0.4 is 10.6 Å². The van der Waals surface area contributed by atoms with Crippen molar-refractivity contribution in [3.8, 4) is 0 Å². The Bertz CT molecular complexity index is 170. The molecular weight excluding hydrogens is 228 g/mol. The zero-order chi connectivity index (χ0) is 13.9. The Morgan fingerprint density at radius 2 is 1.67 bits per heavy atom. The van der Waals surface area contributed by atoms with E-state index in [1.165, 1.54) is 12.8 Å². The summed E-state index contributed by atoms with van der Waals surface area (Å²) in [6, 6.07) is 0. The third-order valence-corrected chi connectivity index (χ3v) is 3.16. The molecule has 0 saturated carbocycles. The molecule has 0 atom stereocenters. The average Bonchev–Trinajstić information content (AvgIpc) is 2.83. The maximum atomic E-state index is 5.51. The summed E-state index contributed by atoms with van der Waals surface area (Å²) in [5.41, 5.74) is 0.306. The molecule has 0 bridgehead atoms. The number of nitrogens with one attached hydrogen (secondary N) is 2. The van der Waals surface area contributed by atoms with E-state index in [4.69, 9.17) is 9.47 Å². The Morgan fingerprint density at radius 1 is 1.06 bits per heavy atom. The normalized spacial score (nSPS) is 23.2. The van der Waals surface area contributed by atoms with Crippen molar-refractivity contribution >= 4 is 0 Å². The van der Waals surface area contributed by atoms with Crippen LogP contribution in [0.2, 0.25) is 0 Å². The van der Waals surface area contributed by atoms with Crippen LogP contribution in [0.15, 0.2) is 0 Å². The Hall–Kier alpha value is -0.160. The van der Waals surface area contributed by atoms with Crippen LogP contribution in [0.1, 0.15) is 40.5 Å². The van der Waals surface area contributed by atoms with Gasteiger partial charge in [-0.1, -0.05) is 27.7 Å². The molecule has 0 aromatic heterocycles. The van der Waals surface area contributed by atoms with Gasteiger partial charge in [0.25, 0.3) is 0 Å². The predicted octanol–water partition coefficient (Wildman–Crippen LogP) is 1.80. The van der Waals surface area contributed by atoms with Gasteiger partial charge in [0.05, 0.1) is 11.7 Å². The number of hydrogen-bond donors (Lipinski definition) is 2. The first-order valence-corrected chi connectivity index (χ1v) is 7.43. The molecule has 0 aromatic rings. The smallest absolute Gasteiger partial charge is 0.0930 e. The van der Waals surface area contributed by atoms with Crippen molar-refractivity contribution in [2.45, 2.75) is 52.2 Å². The van der Waals surface area contributed by atoms with Crippen molar-refractivity contribution in [1.29, 1.82) is 0 Å². The molecule has 4 nitrogen and oxygen atoms in total. The molecule has 0 aromatic carbocycles. The van der Waals surface area contributed by atoms with Gasteiger partial charge in [0.1, 0.15) is 0 Å². The van der Waals surface area contributed by atoms with E-state index in [2.05, 4.69) is 10.6 Å². The van der Waals surface area contributed by atoms with Gasteiger partial charge in [0, 0.05) is 39.9 Å². The monoisotopic (exact) mass is 260 g/mol. The molecule has 0 amide bonds. The van der Waals surface area contributed by atoms with E-state index in [0.717, 1.165) is 32.8 Å². The minimum atomic E-state index is 0.306. The zero-order valence-electron chi connectivity index (χ0n) is 12.8. The van der Waals surface area contributed by atoms with E-state index < -0.39 is 0 Å². The maximum absolute atomic E-state index is 5.51. The van der Waals surface area contributed by atoms with Crippen molar-refractivity contribution in [3.63, 3.8) is 0 Å². The molecule has 3 aliphatic heterocycles. The molecule has 3 aliphatic rings. The van der Waals surface area contributed by atoms with E-state index in [9.17, 15) is 0 Å². The van der Waals surface area contributed by atoms with Crippen molar-refractivity contribution < 1.29 is 9.47 Å². The maximum Gasteiger partial charge on any atom is 0.0930 e. The lowest BCUT2D eigenvalue weighted by molar-refractivity contribution is -0.0358. The quantitative estimate of drug-likeness (QED) is 0.754. The van der Waals surface area contributed by atoms with Gasteiger partial charge in [-0.05, 0) is 12.8 Å². The third kappa shape index (κ3) is 5.65. The van der Waals surface area contributed by atoms with Crippen LogP contribution in [0, 0.1) is 0 Å². The second kappa shape index (κ2) is 10.7. The molecule has 0 radical (unpaired) electrons. The standard InChI is InChI=1S/C6H11NO.C4H9NO.2C2H6/c1-2-6(8-3-1)4-7-5-6;1-6-4-2-5-3-4;2*1-2/h7H,1-5H2;4-5H,2-3H2,1H3;2*1-2H3. The second-order valence-corrected chi connectivity index (χ2v) is 4.25. The van der Waals surface area contributed by atoms with Gasteiger partial charge in [-0.15, -0.1) is 0 Å². The second-order valence-electron chi connectivity index (χ2n) is 4.25. The van der Waals surface area contributed by atoms with E-state index >= 15 is 0 Å². The fraction of sp³-hybridized carbons (Fsp3) is 1.00. The number of hydrogen-bond acceptors (Lipinski definition) is 4. The minimum absolute atomic E-state index is 0.306. The molecule has 1 spiro atoms. The summed E-state index contributed by atoms with van der Waals surface area (Å²) in [6.07, 6.45) is 3.05. The molecular formula is C14H32N2O2. The van der Waals surface area contributed by atoms with Crippen molar-refractivity contribution in [3.05, 3.63) is 0 Å². The molecule has 3 saturated heterocycles. The number of rotatable bonds is 1. The van der Waals surface area contributed by atoms with Crippen LogP contribution in [0.25, 0.3) is 0 Å². The predicted molar refractivity (Wildman–Crippen MR) is 77.1 cm³/mol. The van der Waals surface area contributed by atoms with Gasteiger partial charge in [-0.2, -0.15) is 0 Å². The van der Waals surface area contributed by atoms with Gasteiger partial charge in [-0.25, -0.2) is 0 Å². The molecule has 110 valence electrons. The largest absolute Gasteiger partial charge is 0.379 e. The number of methoxy groups -OCH3 is 1. The first-order chi connectivity index (χ1) is 8.85. The molecule has 3 rings (SSSR count). The lowest BCUT2D eigenvalue weighted by atomic mass is 9.94. The van der Waals surface area contributed by atoms with Gasteiger partial charge in [-0.3, -0.25) is 0 Å². The highest BCUT2D eigenvalue weighted by Crippen LogP contribution is 2.28.